The smallest absolute Gasteiger partial charge is 0.338 e. The van der Waals surface area contributed by atoms with Gasteiger partial charge in [-0.25, -0.2) is 4.79 Å². The van der Waals surface area contributed by atoms with E-state index < -0.39 is 0 Å². The van der Waals surface area contributed by atoms with Crippen molar-refractivity contribution in [1.29, 1.82) is 0 Å². The maximum atomic E-state index is 12.3. The summed E-state index contributed by atoms with van der Waals surface area (Å²) < 4.78 is 16.4. The highest BCUT2D eigenvalue weighted by Gasteiger charge is 2.30. The summed E-state index contributed by atoms with van der Waals surface area (Å²) in [6.45, 7) is 1.07. The molecule has 2 unspecified atom stereocenters. The number of carbonyl (C=O) groups excluding carboxylic acids is 1. The Morgan fingerprint density at radius 1 is 1.18 bits per heavy atom. The van der Waals surface area contributed by atoms with Crippen LogP contribution in [0.3, 0.4) is 0 Å². The molecule has 1 aliphatic rings. The molecule has 0 aromatic heterocycles. The van der Waals surface area contributed by atoms with E-state index in [1.165, 1.54) is 5.56 Å². The van der Waals surface area contributed by atoms with Crippen molar-refractivity contribution >= 4 is 30.0 Å². The van der Waals surface area contributed by atoms with E-state index in [0.29, 0.717) is 17.2 Å². The van der Waals surface area contributed by atoms with Gasteiger partial charge >= 0.3 is 5.97 Å². The highest BCUT2D eigenvalue weighted by Crippen LogP contribution is 2.38. The molecule has 0 bridgehead atoms. The zero-order chi connectivity index (χ0) is 19.2. The standard InChI is InChI=1S/C21H24ClNO4.ClH/c1-25-18-10-15-8-9-23-20(17(15)11-19(18)26-2)16(12-22)13-27-21(24)14-6-4-3-5-7-14;/h3-7,10-11,16,20,23H,8-9,12-13H2,1-2H3;1H. The van der Waals surface area contributed by atoms with Crippen LogP contribution in [0.2, 0.25) is 0 Å². The fourth-order valence-electron chi connectivity index (χ4n) is 3.41. The SMILES string of the molecule is COc1cc2c(cc1OC)C(C(CCl)COC(=O)c1ccccc1)NCC2.Cl. The predicted octanol–water partition coefficient (Wildman–Crippen LogP) is 4.02. The zero-order valence-corrected chi connectivity index (χ0v) is 17.5. The summed E-state index contributed by atoms with van der Waals surface area (Å²) in [4.78, 5) is 12.3. The molecule has 0 aliphatic carbocycles. The molecule has 28 heavy (non-hydrogen) atoms. The van der Waals surface area contributed by atoms with E-state index >= 15 is 0 Å². The van der Waals surface area contributed by atoms with Crippen LogP contribution in [-0.2, 0) is 11.2 Å². The van der Waals surface area contributed by atoms with Crippen molar-refractivity contribution in [3.8, 4) is 11.5 Å². The van der Waals surface area contributed by atoms with E-state index in [4.69, 9.17) is 25.8 Å². The summed E-state index contributed by atoms with van der Waals surface area (Å²) in [5.41, 5.74) is 2.84. The summed E-state index contributed by atoms with van der Waals surface area (Å²) >= 11 is 6.24. The normalized spacial score (nSPS) is 16.3. The Morgan fingerprint density at radius 3 is 2.50 bits per heavy atom. The number of alkyl halides is 1. The maximum Gasteiger partial charge on any atom is 0.338 e. The summed E-state index contributed by atoms with van der Waals surface area (Å²) in [5, 5.41) is 3.51. The highest BCUT2D eigenvalue weighted by molar-refractivity contribution is 6.18. The van der Waals surface area contributed by atoms with E-state index in [9.17, 15) is 4.79 Å². The molecular weight excluding hydrogens is 401 g/mol. The van der Waals surface area contributed by atoms with Gasteiger partial charge in [0, 0.05) is 17.8 Å². The van der Waals surface area contributed by atoms with Crippen LogP contribution in [0.15, 0.2) is 42.5 Å². The lowest BCUT2D eigenvalue weighted by atomic mass is 9.87. The van der Waals surface area contributed by atoms with Crippen LogP contribution in [0.4, 0.5) is 0 Å². The fraction of sp³-hybridized carbons (Fsp3) is 0.381. The van der Waals surface area contributed by atoms with Crippen molar-refractivity contribution < 1.29 is 19.0 Å². The largest absolute Gasteiger partial charge is 0.493 e. The molecule has 0 fully saturated rings. The third-order valence-corrected chi connectivity index (χ3v) is 5.24. The average Bonchev–Trinajstić information content (AvgIpc) is 2.73. The van der Waals surface area contributed by atoms with Crippen LogP contribution in [0, 0.1) is 5.92 Å². The van der Waals surface area contributed by atoms with Crippen molar-refractivity contribution in [2.75, 3.05) is 33.3 Å². The van der Waals surface area contributed by atoms with Crippen LogP contribution >= 0.6 is 24.0 Å². The number of carbonyl (C=O) groups is 1. The lowest BCUT2D eigenvalue weighted by molar-refractivity contribution is 0.0423. The predicted molar refractivity (Wildman–Crippen MR) is 112 cm³/mol. The first kappa shape index (κ1) is 22.3. The summed E-state index contributed by atoms with van der Waals surface area (Å²) in [6, 6.07) is 13.0. The summed E-state index contributed by atoms with van der Waals surface area (Å²) in [7, 11) is 3.25. The van der Waals surface area contributed by atoms with Crippen LogP contribution in [-0.4, -0.2) is 39.2 Å². The molecule has 1 aliphatic heterocycles. The second-order valence-electron chi connectivity index (χ2n) is 6.47. The van der Waals surface area contributed by atoms with Gasteiger partial charge < -0.3 is 19.5 Å². The number of methoxy groups -OCH3 is 2. The molecule has 5 nitrogen and oxygen atoms in total. The Kier molecular flexibility index (Phi) is 8.42. The number of esters is 1. The molecule has 7 heteroatoms. The molecule has 0 saturated heterocycles. The van der Waals surface area contributed by atoms with Crippen LogP contribution < -0.4 is 14.8 Å². The van der Waals surface area contributed by atoms with Gasteiger partial charge in [-0.2, -0.15) is 0 Å². The molecule has 0 radical (unpaired) electrons. The third-order valence-electron chi connectivity index (χ3n) is 4.85. The first-order valence-corrected chi connectivity index (χ1v) is 9.47. The minimum Gasteiger partial charge on any atom is -0.493 e. The van der Waals surface area contributed by atoms with E-state index in [1.54, 1.807) is 26.4 Å². The van der Waals surface area contributed by atoms with Gasteiger partial charge in [-0.3, -0.25) is 0 Å². The molecule has 152 valence electrons. The van der Waals surface area contributed by atoms with Gasteiger partial charge in [0.25, 0.3) is 0 Å². The molecule has 1 N–H and O–H groups in total. The monoisotopic (exact) mass is 425 g/mol. The van der Waals surface area contributed by atoms with Gasteiger partial charge in [0.15, 0.2) is 11.5 Å². The van der Waals surface area contributed by atoms with Gasteiger partial charge in [0.1, 0.15) is 0 Å². The summed E-state index contributed by atoms with van der Waals surface area (Å²) in [6.07, 6.45) is 0.894. The van der Waals surface area contributed by atoms with Crippen molar-refractivity contribution in [3.63, 3.8) is 0 Å². The average molecular weight is 426 g/mol. The topological polar surface area (TPSA) is 56.8 Å². The van der Waals surface area contributed by atoms with Gasteiger partial charge in [0.05, 0.1) is 26.4 Å². The lowest BCUT2D eigenvalue weighted by Crippen LogP contribution is -2.37. The molecule has 0 saturated carbocycles. The van der Waals surface area contributed by atoms with Gasteiger partial charge in [0.2, 0.25) is 0 Å². The number of fused-ring (bicyclic) bond motifs is 1. The molecule has 2 aromatic carbocycles. The number of hydrogen-bond acceptors (Lipinski definition) is 5. The Hall–Kier alpha value is -1.95. The number of hydrogen-bond donors (Lipinski definition) is 1. The maximum absolute atomic E-state index is 12.3. The van der Waals surface area contributed by atoms with Crippen LogP contribution in [0.5, 0.6) is 11.5 Å². The minimum atomic E-state index is -0.339. The Balaban J connectivity index is 0.00000280. The Labute approximate surface area is 176 Å². The number of halogens is 2. The molecule has 3 rings (SSSR count). The lowest BCUT2D eigenvalue weighted by Gasteiger charge is -2.33. The quantitative estimate of drug-likeness (QED) is 0.535. The van der Waals surface area contributed by atoms with Crippen molar-refractivity contribution in [1.82, 2.24) is 5.32 Å². The highest BCUT2D eigenvalue weighted by atomic mass is 35.5. The van der Waals surface area contributed by atoms with E-state index in [1.807, 2.05) is 30.3 Å². The zero-order valence-electron chi connectivity index (χ0n) is 15.9. The van der Waals surface area contributed by atoms with Crippen molar-refractivity contribution in [3.05, 3.63) is 59.2 Å². The molecule has 2 atom stereocenters. The van der Waals surface area contributed by atoms with E-state index in [0.717, 1.165) is 24.3 Å². The van der Waals surface area contributed by atoms with Crippen molar-refractivity contribution in [2.45, 2.75) is 12.5 Å². The van der Waals surface area contributed by atoms with E-state index in [2.05, 4.69) is 5.32 Å². The molecular formula is C21H25Cl2NO4. The van der Waals surface area contributed by atoms with Crippen molar-refractivity contribution in [2.24, 2.45) is 5.92 Å². The first-order valence-electron chi connectivity index (χ1n) is 8.94. The fourth-order valence-corrected chi connectivity index (χ4v) is 3.67. The third kappa shape index (κ3) is 4.90. The Bertz CT molecular complexity index is 785. The van der Waals surface area contributed by atoms with Crippen LogP contribution in [0.25, 0.3) is 0 Å². The van der Waals surface area contributed by atoms with Gasteiger partial charge in [-0.1, -0.05) is 18.2 Å². The Morgan fingerprint density at radius 2 is 1.86 bits per heavy atom. The molecule has 1 heterocycles. The number of rotatable bonds is 7. The molecule has 0 amide bonds. The number of nitrogens with one attached hydrogen (secondary N) is 1. The van der Waals surface area contributed by atoms with Gasteiger partial charge in [-0.15, -0.1) is 24.0 Å². The molecule has 0 spiro atoms. The second-order valence-corrected chi connectivity index (χ2v) is 6.78. The second kappa shape index (κ2) is 10.6. The summed E-state index contributed by atoms with van der Waals surface area (Å²) in [5.74, 6) is 1.37. The first-order chi connectivity index (χ1) is 13.2. The number of ether oxygens (including phenoxy) is 3. The minimum absolute atomic E-state index is 0. The van der Waals surface area contributed by atoms with E-state index in [-0.39, 0.29) is 36.9 Å². The van der Waals surface area contributed by atoms with Crippen LogP contribution in [0.1, 0.15) is 27.5 Å². The number of benzene rings is 2. The van der Waals surface area contributed by atoms with Gasteiger partial charge in [-0.05, 0) is 48.4 Å². The molecule has 2 aromatic rings.